The summed E-state index contributed by atoms with van der Waals surface area (Å²) in [5, 5.41) is 8.45. The fourth-order valence-corrected chi connectivity index (χ4v) is 1.05. The standard InChI is InChI=1S/C9H9FO2/c1-6-7(5-9(11)12)3-2-4-8(6)10/h2-4,7H,1,5H2,(H,11,12). The first kappa shape index (κ1) is 8.71. The second kappa shape index (κ2) is 3.34. The van der Waals surface area contributed by atoms with E-state index in [1.54, 1.807) is 6.08 Å². The average molecular weight is 168 g/mol. The van der Waals surface area contributed by atoms with Crippen LogP contribution in [-0.4, -0.2) is 11.1 Å². The lowest BCUT2D eigenvalue weighted by atomic mass is 9.92. The number of halogens is 1. The number of hydrogen-bond acceptors (Lipinski definition) is 1. The van der Waals surface area contributed by atoms with Crippen molar-refractivity contribution in [3.63, 3.8) is 0 Å². The Morgan fingerprint density at radius 1 is 1.75 bits per heavy atom. The Bertz CT molecular complexity index is 276. The first-order valence-corrected chi connectivity index (χ1v) is 3.56. The number of aliphatic carboxylic acids is 1. The van der Waals surface area contributed by atoms with Gasteiger partial charge in [0.25, 0.3) is 0 Å². The van der Waals surface area contributed by atoms with Gasteiger partial charge in [-0.05, 0) is 11.6 Å². The highest BCUT2D eigenvalue weighted by Gasteiger charge is 2.18. The summed E-state index contributed by atoms with van der Waals surface area (Å²) in [7, 11) is 0. The molecule has 1 aliphatic rings. The minimum absolute atomic E-state index is 0.101. The van der Waals surface area contributed by atoms with E-state index in [1.165, 1.54) is 12.2 Å². The molecule has 64 valence electrons. The molecule has 0 aromatic heterocycles. The van der Waals surface area contributed by atoms with Crippen LogP contribution in [0.4, 0.5) is 4.39 Å². The second-order valence-corrected chi connectivity index (χ2v) is 2.63. The summed E-state index contributed by atoms with van der Waals surface area (Å²) in [5.41, 5.74) is 0.250. The van der Waals surface area contributed by atoms with Gasteiger partial charge in [-0.1, -0.05) is 18.7 Å². The predicted molar refractivity (Wildman–Crippen MR) is 43.2 cm³/mol. The van der Waals surface area contributed by atoms with E-state index in [9.17, 15) is 9.18 Å². The molecule has 0 fully saturated rings. The van der Waals surface area contributed by atoms with Gasteiger partial charge >= 0.3 is 5.97 Å². The van der Waals surface area contributed by atoms with Crippen LogP contribution in [0.3, 0.4) is 0 Å². The molecule has 1 N–H and O–H groups in total. The molecule has 0 heterocycles. The van der Waals surface area contributed by atoms with Crippen molar-refractivity contribution in [1.82, 2.24) is 0 Å². The minimum Gasteiger partial charge on any atom is -0.481 e. The van der Waals surface area contributed by atoms with Crippen molar-refractivity contribution in [1.29, 1.82) is 0 Å². The Kier molecular flexibility index (Phi) is 2.43. The normalized spacial score (nSPS) is 22.2. The maximum Gasteiger partial charge on any atom is 0.304 e. The van der Waals surface area contributed by atoms with E-state index in [1.807, 2.05) is 0 Å². The Balaban J connectivity index is 2.70. The number of allylic oxidation sites excluding steroid dienone is 5. The van der Waals surface area contributed by atoms with Crippen molar-refractivity contribution >= 4 is 5.97 Å². The first-order chi connectivity index (χ1) is 5.61. The van der Waals surface area contributed by atoms with Gasteiger partial charge < -0.3 is 5.11 Å². The molecule has 2 nitrogen and oxygen atoms in total. The van der Waals surface area contributed by atoms with E-state index in [4.69, 9.17) is 5.11 Å². The SMILES string of the molecule is C=C1C(F)=CC=CC1CC(=O)O. The molecule has 1 unspecified atom stereocenters. The van der Waals surface area contributed by atoms with Gasteiger partial charge in [-0.15, -0.1) is 0 Å². The van der Waals surface area contributed by atoms with Gasteiger partial charge in [-0.25, -0.2) is 4.39 Å². The van der Waals surface area contributed by atoms with Crippen LogP contribution in [-0.2, 0) is 4.79 Å². The molecule has 0 bridgehead atoms. The number of carbonyl (C=O) groups is 1. The molecule has 0 radical (unpaired) electrons. The lowest BCUT2D eigenvalue weighted by Crippen LogP contribution is -2.09. The molecule has 0 saturated heterocycles. The molecule has 0 aromatic rings. The van der Waals surface area contributed by atoms with Crippen molar-refractivity contribution in [2.75, 3.05) is 0 Å². The monoisotopic (exact) mass is 168 g/mol. The van der Waals surface area contributed by atoms with Crippen molar-refractivity contribution in [2.45, 2.75) is 6.42 Å². The molecule has 0 saturated carbocycles. The fraction of sp³-hybridized carbons (Fsp3) is 0.222. The topological polar surface area (TPSA) is 37.3 Å². The summed E-state index contributed by atoms with van der Waals surface area (Å²) in [6, 6.07) is 0. The number of carboxylic acid groups (broad SMARTS) is 1. The van der Waals surface area contributed by atoms with E-state index in [-0.39, 0.29) is 12.0 Å². The average Bonchev–Trinajstić information content (AvgIpc) is 1.98. The van der Waals surface area contributed by atoms with E-state index in [0.29, 0.717) is 0 Å². The summed E-state index contributed by atoms with van der Waals surface area (Å²) in [4.78, 5) is 10.3. The van der Waals surface area contributed by atoms with Crippen LogP contribution >= 0.6 is 0 Å². The molecule has 0 spiro atoms. The van der Waals surface area contributed by atoms with E-state index in [0.717, 1.165) is 0 Å². The van der Waals surface area contributed by atoms with Crippen LogP contribution in [0.1, 0.15) is 6.42 Å². The molecule has 1 atom stereocenters. The maximum atomic E-state index is 12.8. The highest BCUT2D eigenvalue weighted by atomic mass is 19.1. The smallest absolute Gasteiger partial charge is 0.304 e. The van der Waals surface area contributed by atoms with Crippen LogP contribution in [0.15, 0.2) is 36.2 Å². The van der Waals surface area contributed by atoms with Crippen LogP contribution in [0.2, 0.25) is 0 Å². The van der Waals surface area contributed by atoms with Gasteiger partial charge in [-0.2, -0.15) is 0 Å². The van der Waals surface area contributed by atoms with E-state index < -0.39 is 17.7 Å². The molecule has 12 heavy (non-hydrogen) atoms. The Morgan fingerprint density at radius 2 is 2.42 bits per heavy atom. The summed E-state index contributed by atoms with van der Waals surface area (Å²) in [5.74, 6) is -1.77. The van der Waals surface area contributed by atoms with E-state index >= 15 is 0 Å². The van der Waals surface area contributed by atoms with Crippen LogP contribution in [0.25, 0.3) is 0 Å². The van der Waals surface area contributed by atoms with E-state index in [2.05, 4.69) is 6.58 Å². The number of rotatable bonds is 2. The van der Waals surface area contributed by atoms with Gasteiger partial charge in [-0.3, -0.25) is 4.79 Å². The van der Waals surface area contributed by atoms with Crippen molar-refractivity contribution in [3.8, 4) is 0 Å². The second-order valence-electron chi connectivity index (χ2n) is 2.63. The molecule has 0 aliphatic heterocycles. The first-order valence-electron chi connectivity index (χ1n) is 3.56. The molecular weight excluding hydrogens is 159 g/mol. The van der Waals surface area contributed by atoms with Gasteiger partial charge in [0.1, 0.15) is 5.83 Å². The summed E-state index contributed by atoms with van der Waals surface area (Å²) in [6.45, 7) is 3.47. The molecular formula is C9H9FO2. The highest BCUT2D eigenvalue weighted by molar-refractivity contribution is 5.68. The third-order valence-electron chi connectivity index (χ3n) is 1.73. The number of carboxylic acids is 1. The number of hydrogen-bond donors (Lipinski definition) is 1. The zero-order chi connectivity index (χ0) is 9.14. The Morgan fingerprint density at radius 3 is 3.00 bits per heavy atom. The third-order valence-corrected chi connectivity index (χ3v) is 1.73. The third kappa shape index (κ3) is 1.81. The van der Waals surface area contributed by atoms with Gasteiger partial charge in [0.2, 0.25) is 0 Å². The zero-order valence-electron chi connectivity index (χ0n) is 6.46. The predicted octanol–water partition coefficient (Wildman–Crippen LogP) is 2.06. The molecule has 0 aromatic carbocycles. The Hall–Kier alpha value is -1.38. The fourth-order valence-electron chi connectivity index (χ4n) is 1.05. The lowest BCUT2D eigenvalue weighted by molar-refractivity contribution is -0.137. The van der Waals surface area contributed by atoms with Crippen molar-refractivity contribution < 1.29 is 14.3 Å². The van der Waals surface area contributed by atoms with Crippen molar-refractivity contribution in [2.24, 2.45) is 5.92 Å². The van der Waals surface area contributed by atoms with Crippen LogP contribution in [0, 0.1) is 5.92 Å². The molecule has 1 rings (SSSR count). The van der Waals surface area contributed by atoms with Crippen LogP contribution < -0.4 is 0 Å². The lowest BCUT2D eigenvalue weighted by Gasteiger charge is -2.14. The van der Waals surface area contributed by atoms with Crippen molar-refractivity contribution in [3.05, 3.63) is 36.2 Å². The summed E-state index contributed by atoms with van der Waals surface area (Å²) in [6.07, 6.45) is 4.33. The summed E-state index contributed by atoms with van der Waals surface area (Å²) >= 11 is 0. The molecule has 0 amide bonds. The van der Waals surface area contributed by atoms with Gasteiger partial charge in [0.05, 0.1) is 6.42 Å². The van der Waals surface area contributed by atoms with Crippen LogP contribution in [0.5, 0.6) is 0 Å². The quantitative estimate of drug-likeness (QED) is 0.685. The minimum atomic E-state index is -0.944. The largest absolute Gasteiger partial charge is 0.481 e. The van der Waals surface area contributed by atoms with Gasteiger partial charge in [0.15, 0.2) is 0 Å². The Labute approximate surface area is 69.7 Å². The summed E-state index contributed by atoms with van der Waals surface area (Å²) < 4.78 is 12.8. The zero-order valence-corrected chi connectivity index (χ0v) is 6.46. The molecule has 1 aliphatic carbocycles. The molecule has 3 heteroatoms. The highest BCUT2D eigenvalue weighted by Crippen LogP contribution is 2.26. The maximum absolute atomic E-state index is 12.8. The van der Waals surface area contributed by atoms with Gasteiger partial charge in [0, 0.05) is 5.92 Å².